The Morgan fingerprint density at radius 1 is 1.22 bits per heavy atom. The molecule has 0 saturated carbocycles. The zero-order valence-corrected chi connectivity index (χ0v) is 25.9. The Morgan fingerprint density at radius 2 is 1.98 bits per heavy atom. The number of halogens is 4. The summed E-state index contributed by atoms with van der Waals surface area (Å²) >= 11 is 2.49. The molecule has 0 amide bonds. The number of fused-ring (bicyclic) bond motifs is 1. The zero-order valence-electron chi connectivity index (χ0n) is 22.9. The van der Waals surface area contributed by atoms with Gasteiger partial charge in [0.1, 0.15) is 12.3 Å². The van der Waals surface area contributed by atoms with Crippen LogP contribution in [0.2, 0.25) is 0 Å². The summed E-state index contributed by atoms with van der Waals surface area (Å²) in [5.74, 6) is 6.44. The summed E-state index contributed by atoms with van der Waals surface area (Å²) in [5, 5.41) is 12.4. The van der Waals surface area contributed by atoms with Crippen LogP contribution < -0.4 is 20.5 Å². The van der Waals surface area contributed by atoms with Crippen LogP contribution in [0, 0.1) is 17.8 Å². The summed E-state index contributed by atoms with van der Waals surface area (Å²) in [6.45, 7) is 3.05. The monoisotopic (exact) mass is 703 g/mol. The predicted octanol–water partition coefficient (Wildman–Crippen LogP) is 4.88. The zero-order chi connectivity index (χ0) is 29.9. The topological polar surface area (TPSA) is 102 Å². The number of nitrogens with zero attached hydrogens (tertiary/aromatic N) is 2. The lowest BCUT2D eigenvalue weighted by Crippen LogP contribution is -2.44. The Hall–Kier alpha value is -2.67. The number of benzene rings is 2. The van der Waals surface area contributed by atoms with Gasteiger partial charge in [-0.2, -0.15) is 13.2 Å². The average molecular weight is 704 g/mol. The van der Waals surface area contributed by atoms with E-state index in [1.54, 1.807) is 18.2 Å². The third-order valence-corrected chi connectivity index (χ3v) is 9.42. The van der Waals surface area contributed by atoms with Gasteiger partial charge in [0, 0.05) is 33.7 Å². The van der Waals surface area contributed by atoms with Crippen LogP contribution in [0.25, 0.3) is 10.9 Å². The van der Waals surface area contributed by atoms with Crippen LogP contribution >= 0.6 is 22.6 Å². The van der Waals surface area contributed by atoms with Crippen molar-refractivity contribution in [2.45, 2.75) is 40.9 Å². The molecule has 2 aromatic carbocycles. The van der Waals surface area contributed by atoms with Gasteiger partial charge >= 0.3 is 6.18 Å². The molecule has 3 aromatic rings. The summed E-state index contributed by atoms with van der Waals surface area (Å²) in [7, 11) is -0.410. The van der Waals surface area contributed by atoms with Crippen LogP contribution in [0.5, 0.6) is 5.75 Å². The maximum atomic E-state index is 13.6. The highest BCUT2D eigenvalue weighted by molar-refractivity contribution is 14.1. The van der Waals surface area contributed by atoms with Crippen molar-refractivity contribution in [3.8, 4) is 17.6 Å². The van der Waals surface area contributed by atoms with E-state index in [0.717, 1.165) is 25.2 Å². The second-order valence-electron chi connectivity index (χ2n) is 10.2. The standard InChI is InChI=1S/C28H33F3IN5O3S/c1-18(21-11-13-36(2)16-23(21)32)35-24-7-4-8-26-22(24)14-19(37(26)17-28(29,30)31)6-5-12-34-25-10-9-20(41(33,38)39)15-27(25)40-3/h4,7-10,14-15,18,21,23,34-35H,11-13,16-17H2,1-3H3,(H2,33,38,39)/t18-,21+,23?/m0/s1. The molecule has 1 saturated heterocycles. The molecule has 222 valence electrons. The molecule has 41 heavy (non-hydrogen) atoms. The molecule has 0 radical (unpaired) electrons. The first-order chi connectivity index (χ1) is 19.3. The molecule has 1 aliphatic heterocycles. The van der Waals surface area contributed by atoms with Gasteiger partial charge in [-0.15, -0.1) is 0 Å². The number of anilines is 2. The fourth-order valence-electron chi connectivity index (χ4n) is 5.12. The molecular formula is C28H33F3IN5O3S. The van der Waals surface area contributed by atoms with Crippen molar-refractivity contribution in [1.82, 2.24) is 9.47 Å². The lowest BCUT2D eigenvalue weighted by Gasteiger charge is -2.37. The van der Waals surface area contributed by atoms with Crippen molar-refractivity contribution in [3.05, 3.63) is 48.2 Å². The summed E-state index contributed by atoms with van der Waals surface area (Å²) in [6.07, 6.45) is -3.39. The first kappa shape index (κ1) is 31.3. The second-order valence-corrected chi connectivity index (χ2v) is 13.4. The van der Waals surface area contributed by atoms with Crippen LogP contribution in [0.3, 0.4) is 0 Å². The smallest absolute Gasteiger partial charge is 0.406 e. The van der Waals surface area contributed by atoms with Gasteiger partial charge in [0.25, 0.3) is 0 Å². The first-order valence-electron chi connectivity index (χ1n) is 13.0. The number of nitrogens with two attached hydrogens (primary N) is 1. The molecule has 2 heterocycles. The van der Waals surface area contributed by atoms with Gasteiger partial charge in [0.15, 0.2) is 0 Å². The number of alkyl halides is 4. The van der Waals surface area contributed by atoms with E-state index in [-0.39, 0.29) is 28.9 Å². The summed E-state index contributed by atoms with van der Waals surface area (Å²) in [4.78, 5) is 2.21. The Morgan fingerprint density at radius 3 is 2.63 bits per heavy atom. The van der Waals surface area contributed by atoms with Crippen LogP contribution in [-0.4, -0.2) is 67.8 Å². The van der Waals surface area contributed by atoms with E-state index in [1.807, 2.05) is 6.07 Å². The molecule has 0 aliphatic carbocycles. The van der Waals surface area contributed by atoms with Crippen molar-refractivity contribution in [2.24, 2.45) is 11.1 Å². The minimum absolute atomic E-state index is 0.0773. The van der Waals surface area contributed by atoms with E-state index in [0.29, 0.717) is 26.4 Å². The van der Waals surface area contributed by atoms with Crippen molar-refractivity contribution in [1.29, 1.82) is 0 Å². The number of nitrogens with one attached hydrogen (secondary N) is 2. The predicted molar refractivity (Wildman–Crippen MR) is 164 cm³/mol. The second kappa shape index (κ2) is 12.7. The number of sulfonamides is 1. The van der Waals surface area contributed by atoms with Gasteiger partial charge in [-0.05, 0) is 69.1 Å². The maximum Gasteiger partial charge on any atom is 0.406 e. The van der Waals surface area contributed by atoms with E-state index in [4.69, 9.17) is 9.88 Å². The molecule has 4 N–H and O–H groups in total. The summed E-state index contributed by atoms with van der Waals surface area (Å²) in [5.41, 5.74) is 1.93. The lowest BCUT2D eigenvalue weighted by molar-refractivity contribution is -0.140. The third-order valence-electron chi connectivity index (χ3n) is 7.19. The number of methoxy groups -OCH3 is 1. The molecule has 4 rings (SSSR count). The number of likely N-dealkylation sites (tertiary alicyclic amines) is 1. The molecule has 1 aromatic heterocycles. The van der Waals surface area contributed by atoms with E-state index in [1.165, 1.54) is 29.9 Å². The van der Waals surface area contributed by atoms with Gasteiger partial charge in [0.2, 0.25) is 10.0 Å². The van der Waals surface area contributed by atoms with Crippen LogP contribution in [-0.2, 0) is 16.6 Å². The van der Waals surface area contributed by atoms with Gasteiger partial charge < -0.3 is 24.8 Å². The highest BCUT2D eigenvalue weighted by Crippen LogP contribution is 2.33. The SMILES string of the molecule is COc1cc(S(N)(=O)=O)ccc1NCC#Cc1cc2c(N[C@@H](C)[C@H]3CCN(C)CC3I)cccc2n1CC(F)(F)F. The number of piperidine rings is 1. The normalized spacial score (nSPS) is 18.9. The lowest BCUT2D eigenvalue weighted by atomic mass is 9.90. The minimum Gasteiger partial charge on any atom is -0.495 e. The molecule has 1 fully saturated rings. The number of rotatable bonds is 8. The highest BCUT2D eigenvalue weighted by Gasteiger charge is 2.32. The minimum atomic E-state index is -4.43. The highest BCUT2D eigenvalue weighted by atomic mass is 127. The first-order valence-corrected chi connectivity index (χ1v) is 15.8. The molecule has 13 heteroatoms. The Kier molecular flexibility index (Phi) is 9.67. The van der Waals surface area contributed by atoms with E-state index in [2.05, 4.69) is 63.9 Å². The summed E-state index contributed by atoms with van der Waals surface area (Å²) in [6, 6.07) is 11.3. The van der Waals surface area contributed by atoms with E-state index < -0.39 is 22.7 Å². The molecule has 0 spiro atoms. The fourth-order valence-corrected chi connectivity index (χ4v) is 7.31. The van der Waals surface area contributed by atoms with Gasteiger partial charge in [-0.25, -0.2) is 13.6 Å². The summed E-state index contributed by atoms with van der Waals surface area (Å²) < 4.78 is 70.9. The maximum absolute atomic E-state index is 13.6. The number of ether oxygens (including phenoxy) is 1. The molecule has 3 atom stereocenters. The molecule has 0 bridgehead atoms. The number of primary sulfonamides is 1. The molecular weight excluding hydrogens is 670 g/mol. The molecule has 8 nitrogen and oxygen atoms in total. The number of hydrogen-bond acceptors (Lipinski definition) is 6. The van der Waals surface area contributed by atoms with Gasteiger partial charge in [0.05, 0.1) is 35.4 Å². The van der Waals surface area contributed by atoms with Crippen molar-refractivity contribution < 1.29 is 26.3 Å². The van der Waals surface area contributed by atoms with E-state index >= 15 is 0 Å². The Labute approximate surface area is 252 Å². The quantitative estimate of drug-likeness (QED) is 0.176. The molecule has 1 aliphatic rings. The number of hydrogen-bond donors (Lipinski definition) is 3. The van der Waals surface area contributed by atoms with Gasteiger partial charge in [-0.1, -0.05) is 34.6 Å². The van der Waals surface area contributed by atoms with Gasteiger partial charge in [-0.3, -0.25) is 0 Å². The van der Waals surface area contributed by atoms with Crippen molar-refractivity contribution >= 4 is 54.9 Å². The Balaban J connectivity index is 1.60. The Bertz CT molecular complexity index is 1570. The van der Waals surface area contributed by atoms with Crippen LogP contribution in [0.15, 0.2) is 47.4 Å². The fraction of sp³-hybridized carbons (Fsp3) is 0.429. The van der Waals surface area contributed by atoms with Crippen molar-refractivity contribution in [3.63, 3.8) is 0 Å². The van der Waals surface area contributed by atoms with Crippen molar-refractivity contribution in [2.75, 3.05) is 44.4 Å². The molecule has 1 unspecified atom stereocenters. The largest absolute Gasteiger partial charge is 0.495 e. The average Bonchev–Trinajstić information content (AvgIpc) is 3.22. The van der Waals surface area contributed by atoms with Crippen LogP contribution in [0.1, 0.15) is 19.0 Å². The third kappa shape index (κ3) is 7.79. The van der Waals surface area contributed by atoms with Crippen LogP contribution in [0.4, 0.5) is 24.5 Å². The van der Waals surface area contributed by atoms with E-state index in [9.17, 15) is 21.6 Å². The number of aromatic nitrogens is 1.